The zero-order chi connectivity index (χ0) is 18.8. The summed E-state index contributed by atoms with van der Waals surface area (Å²) in [6.45, 7) is 8.27. The van der Waals surface area contributed by atoms with Gasteiger partial charge in [0.2, 0.25) is 0 Å². The molecule has 7 heteroatoms. The Hall–Kier alpha value is -2.38. The minimum atomic E-state index is -0.0311. The molecule has 0 saturated carbocycles. The van der Waals surface area contributed by atoms with Gasteiger partial charge in [0.1, 0.15) is 5.76 Å². The molecule has 0 radical (unpaired) electrons. The lowest BCUT2D eigenvalue weighted by atomic mass is 10.1. The molecule has 0 saturated heterocycles. The van der Waals surface area contributed by atoms with Crippen LogP contribution < -0.4 is 10.5 Å². The molecule has 27 heavy (non-hydrogen) atoms. The molecule has 1 aliphatic rings. The first-order valence-electron chi connectivity index (χ1n) is 9.40. The van der Waals surface area contributed by atoms with Crippen LogP contribution in [0.3, 0.4) is 0 Å². The minimum absolute atomic E-state index is 0.0311. The van der Waals surface area contributed by atoms with Crippen LogP contribution in [0.4, 0.5) is 5.88 Å². The van der Waals surface area contributed by atoms with E-state index in [9.17, 15) is 4.79 Å². The van der Waals surface area contributed by atoms with Crippen molar-refractivity contribution in [3.05, 3.63) is 57.0 Å². The quantitative estimate of drug-likeness (QED) is 0.705. The van der Waals surface area contributed by atoms with Crippen LogP contribution in [-0.4, -0.2) is 34.5 Å². The van der Waals surface area contributed by atoms with Crippen LogP contribution in [0, 0.1) is 0 Å². The van der Waals surface area contributed by atoms with Crippen molar-refractivity contribution in [3.8, 4) is 10.7 Å². The highest BCUT2D eigenvalue weighted by molar-refractivity contribution is 7.13. The summed E-state index contributed by atoms with van der Waals surface area (Å²) in [6.07, 6.45) is 0.779. The number of H-pyrrole nitrogens is 1. The van der Waals surface area contributed by atoms with E-state index in [-0.39, 0.29) is 5.56 Å². The van der Waals surface area contributed by atoms with Gasteiger partial charge in [0.25, 0.3) is 5.56 Å². The number of hydrogen-bond acceptors (Lipinski definition) is 6. The van der Waals surface area contributed by atoms with E-state index in [4.69, 9.17) is 9.40 Å². The molecule has 4 heterocycles. The Morgan fingerprint density at radius 1 is 1.30 bits per heavy atom. The minimum Gasteiger partial charge on any atom is -0.444 e. The maximum Gasteiger partial charge on any atom is 0.255 e. The monoisotopic (exact) mass is 384 g/mol. The van der Waals surface area contributed by atoms with Crippen molar-refractivity contribution in [2.45, 2.75) is 33.4 Å². The molecular formula is C20H24N4O2S. The third kappa shape index (κ3) is 3.70. The molecule has 0 unspecified atom stereocenters. The molecule has 4 rings (SSSR count). The lowest BCUT2D eigenvalue weighted by Gasteiger charge is -2.26. The van der Waals surface area contributed by atoms with E-state index < -0.39 is 0 Å². The van der Waals surface area contributed by atoms with Crippen molar-refractivity contribution in [2.75, 3.05) is 24.5 Å². The van der Waals surface area contributed by atoms with Gasteiger partial charge in [-0.15, -0.1) is 11.3 Å². The molecule has 1 aliphatic heterocycles. The van der Waals surface area contributed by atoms with Crippen LogP contribution in [0.5, 0.6) is 0 Å². The second kappa shape index (κ2) is 7.70. The maximum absolute atomic E-state index is 12.6. The van der Waals surface area contributed by atoms with Gasteiger partial charge in [0, 0.05) is 38.7 Å². The molecule has 3 aromatic rings. The average Bonchev–Trinajstić information content (AvgIpc) is 3.36. The van der Waals surface area contributed by atoms with Gasteiger partial charge in [-0.25, -0.2) is 4.98 Å². The van der Waals surface area contributed by atoms with Gasteiger partial charge < -0.3 is 14.3 Å². The summed E-state index contributed by atoms with van der Waals surface area (Å²) >= 11 is 1.59. The summed E-state index contributed by atoms with van der Waals surface area (Å²) in [4.78, 5) is 25.7. The van der Waals surface area contributed by atoms with Crippen LogP contribution in [0.1, 0.15) is 30.9 Å². The van der Waals surface area contributed by atoms with E-state index >= 15 is 0 Å². The normalized spacial score (nSPS) is 14.3. The van der Waals surface area contributed by atoms with Gasteiger partial charge in [0.15, 0.2) is 11.7 Å². The number of rotatable bonds is 6. The zero-order valence-electron chi connectivity index (χ0n) is 15.7. The van der Waals surface area contributed by atoms with Crippen LogP contribution >= 0.6 is 11.3 Å². The van der Waals surface area contributed by atoms with E-state index in [0.717, 1.165) is 53.8 Å². The number of aromatic nitrogens is 2. The lowest BCUT2D eigenvalue weighted by Crippen LogP contribution is -2.35. The van der Waals surface area contributed by atoms with Crippen molar-refractivity contribution in [1.82, 2.24) is 14.9 Å². The number of nitrogens with zero attached hydrogens (tertiary/aromatic N) is 3. The molecule has 3 aromatic heterocycles. The van der Waals surface area contributed by atoms with Crippen molar-refractivity contribution in [2.24, 2.45) is 0 Å². The molecule has 6 nitrogen and oxygen atoms in total. The van der Waals surface area contributed by atoms with E-state index in [1.165, 1.54) is 0 Å². The second-order valence-electron chi connectivity index (χ2n) is 6.69. The molecule has 0 aliphatic carbocycles. The van der Waals surface area contributed by atoms with E-state index in [1.54, 1.807) is 11.3 Å². The fourth-order valence-corrected chi connectivity index (χ4v) is 4.19. The Bertz CT molecular complexity index is 957. The molecule has 0 amide bonds. The van der Waals surface area contributed by atoms with Gasteiger partial charge in [-0.3, -0.25) is 9.69 Å². The van der Waals surface area contributed by atoms with Gasteiger partial charge in [-0.05, 0) is 31.4 Å². The maximum atomic E-state index is 12.6. The lowest BCUT2D eigenvalue weighted by molar-refractivity contribution is 0.223. The van der Waals surface area contributed by atoms with Gasteiger partial charge in [-0.2, -0.15) is 0 Å². The summed E-state index contributed by atoms with van der Waals surface area (Å²) in [5.41, 5.74) is 1.66. The molecule has 0 spiro atoms. The Morgan fingerprint density at radius 3 is 2.89 bits per heavy atom. The number of hydrogen-bond donors (Lipinski definition) is 1. The van der Waals surface area contributed by atoms with Crippen LogP contribution in [0.2, 0.25) is 0 Å². The van der Waals surface area contributed by atoms with E-state index in [2.05, 4.69) is 28.6 Å². The SMILES string of the molecule is CCN(CC)c1ccc(CN2CCc3nc(-c4cccs4)[nH]c(=O)c3C2)o1. The highest BCUT2D eigenvalue weighted by Gasteiger charge is 2.22. The predicted octanol–water partition coefficient (Wildman–Crippen LogP) is 3.50. The highest BCUT2D eigenvalue weighted by atomic mass is 32.1. The average molecular weight is 385 g/mol. The summed E-state index contributed by atoms with van der Waals surface area (Å²) in [7, 11) is 0. The van der Waals surface area contributed by atoms with Gasteiger partial charge in [0.05, 0.1) is 22.7 Å². The molecular weight excluding hydrogens is 360 g/mol. The fourth-order valence-electron chi connectivity index (χ4n) is 3.52. The Morgan fingerprint density at radius 2 is 2.15 bits per heavy atom. The molecule has 142 valence electrons. The Balaban J connectivity index is 1.50. The number of thiophene rings is 1. The zero-order valence-corrected chi connectivity index (χ0v) is 16.5. The van der Waals surface area contributed by atoms with E-state index in [0.29, 0.717) is 18.9 Å². The number of nitrogens with one attached hydrogen (secondary N) is 1. The van der Waals surface area contributed by atoms with Crippen molar-refractivity contribution in [1.29, 1.82) is 0 Å². The first-order valence-corrected chi connectivity index (χ1v) is 10.3. The molecule has 0 atom stereocenters. The van der Waals surface area contributed by atoms with Crippen molar-refractivity contribution >= 4 is 17.2 Å². The topological polar surface area (TPSA) is 65.4 Å². The van der Waals surface area contributed by atoms with Crippen molar-refractivity contribution < 1.29 is 4.42 Å². The first kappa shape index (κ1) is 18.0. The van der Waals surface area contributed by atoms with Crippen LogP contribution in [-0.2, 0) is 19.5 Å². The van der Waals surface area contributed by atoms with Crippen molar-refractivity contribution in [3.63, 3.8) is 0 Å². The molecule has 0 aromatic carbocycles. The van der Waals surface area contributed by atoms with Gasteiger partial charge in [-0.1, -0.05) is 6.07 Å². The number of furan rings is 1. The number of fused-ring (bicyclic) bond motifs is 1. The van der Waals surface area contributed by atoms with E-state index in [1.807, 2.05) is 29.6 Å². The number of anilines is 1. The third-order valence-corrected chi connectivity index (χ3v) is 5.88. The summed E-state index contributed by atoms with van der Waals surface area (Å²) in [5.74, 6) is 2.52. The summed E-state index contributed by atoms with van der Waals surface area (Å²) < 4.78 is 6.00. The fraction of sp³-hybridized carbons (Fsp3) is 0.400. The molecule has 0 fully saturated rings. The molecule has 0 bridgehead atoms. The standard InChI is InChI=1S/C20H24N4O2S/c1-3-24(4-2)18-8-7-14(26-18)12-23-10-9-16-15(13-23)20(25)22-19(21-16)17-6-5-11-27-17/h5-8,11H,3-4,9-10,12-13H2,1-2H3,(H,21,22,25). The Labute approximate surface area is 162 Å². The number of aromatic amines is 1. The highest BCUT2D eigenvalue weighted by Crippen LogP contribution is 2.24. The van der Waals surface area contributed by atoms with Crippen LogP contribution in [0.25, 0.3) is 10.7 Å². The van der Waals surface area contributed by atoms with Gasteiger partial charge >= 0.3 is 0 Å². The Kier molecular flexibility index (Phi) is 5.13. The molecule has 1 N–H and O–H groups in total. The predicted molar refractivity (Wildman–Crippen MR) is 108 cm³/mol. The smallest absolute Gasteiger partial charge is 0.255 e. The third-order valence-electron chi connectivity index (χ3n) is 5.00. The second-order valence-corrected chi connectivity index (χ2v) is 7.64. The first-order chi connectivity index (χ1) is 13.2. The summed E-state index contributed by atoms with van der Waals surface area (Å²) in [5, 5.41) is 1.99. The summed E-state index contributed by atoms with van der Waals surface area (Å²) in [6, 6.07) is 8.01. The van der Waals surface area contributed by atoms with Crippen LogP contribution in [0.15, 0.2) is 38.9 Å². The largest absolute Gasteiger partial charge is 0.444 e.